The van der Waals surface area contributed by atoms with Crippen molar-refractivity contribution in [2.75, 3.05) is 6.26 Å². The number of fused-ring (bicyclic) bond motifs is 1. The van der Waals surface area contributed by atoms with Crippen LogP contribution in [0.15, 0.2) is 47.4 Å². The van der Waals surface area contributed by atoms with Crippen LogP contribution in [0.25, 0.3) is 0 Å². The van der Waals surface area contributed by atoms with Gasteiger partial charge in [0.25, 0.3) is 0 Å². The number of hydrogen-bond acceptors (Lipinski definition) is 3. The topological polar surface area (TPSA) is 29.5 Å². The molecule has 2 aromatic carbocycles. The number of aliphatic hydroxyl groups excluding tert-OH is 1. The highest BCUT2D eigenvalue weighted by Gasteiger charge is 2.28. The quantitative estimate of drug-likeness (QED) is 0.844. The summed E-state index contributed by atoms with van der Waals surface area (Å²) < 4.78 is 19.1. The normalized spacial score (nSPS) is 21.1. The second kappa shape index (κ2) is 5.46. The average molecular weight is 290 g/mol. The first kappa shape index (κ1) is 13.5. The maximum Gasteiger partial charge on any atom is 0.127 e. The number of thioether (sulfide) groups is 1. The van der Waals surface area contributed by atoms with E-state index in [0.717, 1.165) is 5.56 Å². The van der Waals surface area contributed by atoms with E-state index < -0.39 is 6.10 Å². The Morgan fingerprint density at radius 1 is 1.20 bits per heavy atom. The first-order valence-corrected chi connectivity index (χ1v) is 7.68. The smallest absolute Gasteiger partial charge is 0.127 e. The van der Waals surface area contributed by atoms with Crippen molar-refractivity contribution >= 4 is 11.8 Å². The van der Waals surface area contributed by atoms with Gasteiger partial charge >= 0.3 is 0 Å². The van der Waals surface area contributed by atoms with Crippen molar-refractivity contribution in [3.05, 3.63) is 59.4 Å². The molecule has 1 N–H and O–H groups in total. The molecule has 1 aliphatic heterocycles. The van der Waals surface area contributed by atoms with E-state index in [1.165, 1.54) is 17.0 Å². The van der Waals surface area contributed by atoms with E-state index in [4.69, 9.17) is 4.74 Å². The molecule has 20 heavy (non-hydrogen) atoms. The van der Waals surface area contributed by atoms with E-state index in [2.05, 4.69) is 0 Å². The highest BCUT2D eigenvalue weighted by molar-refractivity contribution is 7.98. The number of ether oxygens (including phenoxy) is 1. The van der Waals surface area contributed by atoms with Gasteiger partial charge in [0.2, 0.25) is 0 Å². The number of aliphatic hydroxyl groups is 1. The Kier molecular flexibility index (Phi) is 3.68. The predicted octanol–water partition coefficient (Wildman–Crippen LogP) is 4.10. The third-order valence-electron chi connectivity index (χ3n) is 3.52. The van der Waals surface area contributed by atoms with E-state index in [0.29, 0.717) is 17.7 Å². The lowest BCUT2D eigenvalue weighted by Gasteiger charge is -2.30. The van der Waals surface area contributed by atoms with Crippen LogP contribution < -0.4 is 4.74 Å². The van der Waals surface area contributed by atoms with Gasteiger partial charge in [-0.05, 0) is 42.2 Å². The van der Waals surface area contributed by atoms with Gasteiger partial charge in [-0.2, -0.15) is 0 Å². The average Bonchev–Trinajstić information content (AvgIpc) is 2.48. The molecule has 0 bridgehead atoms. The molecule has 0 aromatic heterocycles. The molecular formula is C16H15FO2S. The molecule has 0 spiro atoms. The SMILES string of the molecule is CSc1ccc(C2CC(O)c3cc(F)ccc3O2)cc1. The fourth-order valence-electron chi connectivity index (χ4n) is 2.44. The number of halogens is 1. The molecule has 1 heterocycles. The Hall–Kier alpha value is -1.52. The third-order valence-corrected chi connectivity index (χ3v) is 4.27. The van der Waals surface area contributed by atoms with Crippen molar-refractivity contribution in [3.63, 3.8) is 0 Å². The molecule has 2 unspecified atom stereocenters. The fourth-order valence-corrected chi connectivity index (χ4v) is 2.85. The Morgan fingerprint density at radius 3 is 2.65 bits per heavy atom. The zero-order chi connectivity index (χ0) is 14.1. The molecular weight excluding hydrogens is 275 g/mol. The first-order chi connectivity index (χ1) is 9.67. The maximum atomic E-state index is 13.2. The van der Waals surface area contributed by atoms with Crippen LogP contribution in [-0.4, -0.2) is 11.4 Å². The highest BCUT2D eigenvalue weighted by Crippen LogP contribution is 2.41. The van der Waals surface area contributed by atoms with Crippen molar-refractivity contribution in [1.29, 1.82) is 0 Å². The van der Waals surface area contributed by atoms with Gasteiger partial charge in [0.1, 0.15) is 17.7 Å². The molecule has 0 amide bonds. The van der Waals surface area contributed by atoms with Gasteiger partial charge in [0.15, 0.2) is 0 Å². The molecule has 2 nitrogen and oxygen atoms in total. The van der Waals surface area contributed by atoms with Crippen molar-refractivity contribution in [2.24, 2.45) is 0 Å². The molecule has 0 aliphatic carbocycles. The van der Waals surface area contributed by atoms with Gasteiger partial charge in [-0.3, -0.25) is 0 Å². The lowest BCUT2D eigenvalue weighted by atomic mass is 9.95. The first-order valence-electron chi connectivity index (χ1n) is 6.45. The van der Waals surface area contributed by atoms with Crippen LogP contribution in [0.1, 0.15) is 29.8 Å². The van der Waals surface area contributed by atoms with E-state index in [9.17, 15) is 9.50 Å². The molecule has 1 aliphatic rings. The van der Waals surface area contributed by atoms with Crippen molar-refractivity contribution < 1.29 is 14.2 Å². The highest BCUT2D eigenvalue weighted by atomic mass is 32.2. The lowest BCUT2D eigenvalue weighted by molar-refractivity contribution is 0.0653. The van der Waals surface area contributed by atoms with Gasteiger partial charge in [0.05, 0.1) is 6.10 Å². The fraction of sp³-hybridized carbons (Fsp3) is 0.250. The summed E-state index contributed by atoms with van der Waals surface area (Å²) in [6.45, 7) is 0. The number of hydrogen-bond donors (Lipinski definition) is 1. The summed E-state index contributed by atoms with van der Waals surface area (Å²) in [5.41, 5.74) is 1.55. The van der Waals surface area contributed by atoms with Gasteiger partial charge in [-0.15, -0.1) is 11.8 Å². The molecule has 4 heteroatoms. The summed E-state index contributed by atoms with van der Waals surface area (Å²) in [6, 6.07) is 12.4. The van der Waals surface area contributed by atoms with Crippen LogP contribution in [0.2, 0.25) is 0 Å². The van der Waals surface area contributed by atoms with Crippen molar-refractivity contribution in [3.8, 4) is 5.75 Å². The van der Waals surface area contributed by atoms with Gasteiger partial charge in [-0.25, -0.2) is 4.39 Å². The summed E-state index contributed by atoms with van der Waals surface area (Å²) >= 11 is 1.68. The summed E-state index contributed by atoms with van der Waals surface area (Å²) in [5.74, 6) is 0.207. The van der Waals surface area contributed by atoms with Crippen LogP contribution >= 0.6 is 11.8 Å². The van der Waals surface area contributed by atoms with E-state index in [-0.39, 0.29) is 11.9 Å². The minimum atomic E-state index is -0.695. The van der Waals surface area contributed by atoms with Gasteiger partial charge in [-0.1, -0.05) is 12.1 Å². The molecule has 0 radical (unpaired) electrons. The second-order valence-corrected chi connectivity index (χ2v) is 5.69. The number of benzene rings is 2. The standard InChI is InChI=1S/C16H15FO2S/c1-20-12-5-2-10(3-6-12)16-9-14(18)13-8-11(17)4-7-15(13)19-16/h2-8,14,16,18H,9H2,1H3. The molecule has 104 valence electrons. The maximum absolute atomic E-state index is 13.2. The zero-order valence-electron chi connectivity index (χ0n) is 11.0. The summed E-state index contributed by atoms with van der Waals surface area (Å²) in [4.78, 5) is 1.19. The second-order valence-electron chi connectivity index (χ2n) is 4.81. The Morgan fingerprint density at radius 2 is 1.95 bits per heavy atom. The molecule has 0 saturated carbocycles. The molecule has 2 aromatic rings. The molecule has 2 atom stereocenters. The largest absolute Gasteiger partial charge is 0.485 e. The molecule has 3 rings (SSSR count). The summed E-state index contributed by atoms with van der Waals surface area (Å²) in [5, 5.41) is 10.2. The molecule has 0 saturated heterocycles. The lowest BCUT2D eigenvalue weighted by Crippen LogP contribution is -2.19. The van der Waals surface area contributed by atoms with E-state index >= 15 is 0 Å². The zero-order valence-corrected chi connectivity index (χ0v) is 11.9. The van der Waals surface area contributed by atoms with Crippen LogP contribution in [0.5, 0.6) is 5.75 Å². The Labute approximate surface area is 121 Å². The monoisotopic (exact) mass is 290 g/mol. The van der Waals surface area contributed by atoms with Crippen molar-refractivity contribution in [1.82, 2.24) is 0 Å². The van der Waals surface area contributed by atoms with E-state index in [1.807, 2.05) is 30.5 Å². The van der Waals surface area contributed by atoms with Gasteiger partial charge in [0, 0.05) is 16.9 Å². The Balaban J connectivity index is 1.88. The van der Waals surface area contributed by atoms with E-state index in [1.54, 1.807) is 17.8 Å². The predicted molar refractivity (Wildman–Crippen MR) is 77.6 cm³/mol. The van der Waals surface area contributed by atoms with Crippen LogP contribution in [0.4, 0.5) is 4.39 Å². The molecule has 0 fully saturated rings. The minimum absolute atomic E-state index is 0.195. The van der Waals surface area contributed by atoms with Gasteiger partial charge < -0.3 is 9.84 Å². The van der Waals surface area contributed by atoms with Crippen molar-refractivity contribution in [2.45, 2.75) is 23.5 Å². The van der Waals surface area contributed by atoms with Crippen LogP contribution in [-0.2, 0) is 0 Å². The summed E-state index contributed by atoms with van der Waals surface area (Å²) in [7, 11) is 0. The number of rotatable bonds is 2. The van der Waals surface area contributed by atoms with Crippen LogP contribution in [0, 0.1) is 5.82 Å². The Bertz CT molecular complexity index is 612. The minimum Gasteiger partial charge on any atom is -0.485 e. The third kappa shape index (κ3) is 2.53. The summed E-state index contributed by atoms with van der Waals surface area (Å²) in [6.07, 6.45) is 1.58. The van der Waals surface area contributed by atoms with Crippen LogP contribution in [0.3, 0.4) is 0 Å².